The highest BCUT2D eigenvalue weighted by molar-refractivity contribution is 6.31. The van der Waals surface area contributed by atoms with Gasteiger partial charge in [0.2, 0.25) is 0 Å². The molecule has 0 spiro atoms. The van der Waals surface area contributed by atoms with E-state index in [0.717, 1.165) is 0 Å². The smallest absolute Gasteiger partial charge is 0.126 e. The van der Waals surface area contributed by atoms with Gasteiger partial charge in [0.05, 0.1) is 17.0 Å². The van der Waals surface area contributed by atoms with Gasteiger partial charge in [-0.05, 0) is 24.3 Å². The van der Waals surface area contributed by atoms with Gasteiger partial charge in [0.15, 0.2) is 0 Å². The van der Waals surface area contributed by atoms with E-state index >= 15 is 0 Å². The van der Waals surface area contributed by atoms with E-state index in [0.29, 0.717) is 16.5 Å². The predicted octanol–water partition coefficient (Wildman–Crippen LogP) is 2.38. The average molecular weight is 209 g/mol. The van der Waals surface area contributed by atoms with Gasteiger partial charge in [-0.25, -0.2) is 0 Å². The van der Waals surface area contributed by atoms with E-state index < -0.39 is 6.04 Å². The summed E-state index contributed by atoms with van der Waals surface area (Å²) in [6.07, 6.45) is 3.23. The van der Waals surface area contributed by atoms with Crippen molar-refractivity contribution in [3.05, 3.63) is 53.2 Å². The number of pyridine rings is 1. The van der Waals surface area contributed by atoms with E-state index in [1.54, 1.807) is 36.7 Å². The maximum atomic E-state index is 5.95. The van der Waals surface area contributed by atoms with E-state index in [4.69, 9.17) is 21.8 Å². The summed E-state index contributed by atoms with van der Waals surface area (Å²) < 4.78 is 5.18. The van der Waals surface area contributed by atoms with Crippen LogP contribution in [0.15, 0.2) is 41.1 Å². The molecule has 0 aliphatic carbocycles. The van der Waals surface area contributed by atoms with Crippen molar-refractivity contribution in [1.29, 1.82) is 0 Å². The molecule has 2 aromatic rings. The molecule has 0 aromatic carbocycles. The highest BCUT2D eigenvalue weighted by atomic mass is 35.5. The fourth-order valence-electron chi connectivity index (χ4n) is 1.23. The molecule has 2 rings (SSSR count). The van der Waals surface area contributed by atoms with Crippen LogP contribution in [-0.4, -0.2) is 4.98 Å². The number of nitrogens with zero attached hydrogens (tertiary/aromatic N) is 1. The third-order valence-corrected chi connectivity index (χ3v) is 2.25. The molecule has 2 aromatic heterocycles. The van der Waals surface area contributed by atoms with Crippen LogP contribution in [0.3, 0.4) is 0 Å². The summed E-state index contributed by atoms with van der Waals surface area (Å²) in [6.45, 7) is 0. The van der Waals surface area contributed by atoms with Crippen LogP contribution in [0.1, 0.15) is 17.5 Å². The van der Waals surface area contributed by atoms with Crippen molar-refractivity contribution < 1.29 is 4.42 Å². The first-order chi connectivity index (χ1) is 6.79. The zero-order chi connectivity index (χ0) is 9.97. The molecule has 0 radical (unpaired) electrons. The minimum Gasteiger partial charge on any atom is -0.467 e. The van der Waals surface area contributed by atoms with Gasteiger partial charge in [-0.1, -0.05) is 11.6 Å². The standard InChI is InChI=1S/C10H9ClN2O/c11-7-3-1-5-13-10(7)9(12)8-4-2-6-14-8/h1-6,9H,12H2. The monoisotopic (exact) mass is 208 g/mol. The molecule has 2 N–H and O–H groups in total. The topological polar surface area (TPSA) is 52.0 Å². The van der Waals surface area contributed by atoms with Crippen molar-refractivity contribution in [2.75, 3.05) is 0 Å². The van der Waals surface area contributed by atoms with Gasteiger partial charge in [-0.15, -0.1) is 0 Å². The maximum Gasteiger partial charge on any atom is 0.126 e. The number of rotatable bonds is 2. The summed E-state index contributed by atoms with van der Waals surface area (Å²) in [5.41, 5.74) is 6.55. The van der Waals surface area contributed by atoms with Crippen LogP contribution in [-0.2, 0) is 0 Å². The Kier molecular flexibility index (Phi) is 2.52. The largest absolute Gasteiger partial charge is 0.467 e. The predicted molar refractivity (Wildman–Crippen MR) is 54.0 cm³/mol. The molecule has 4 heteroatoms. The molecule has 0 amide bonds. The molecule has 1 atom stereocenters. The highest BCUT2D eigenvalue weighted by Gasteiger charge is 2.15. The van der Waals surface area contributed by atoms with Crippen LogP contribution in [0.5, 0.6) is 0 Å². The Morgan fingerprint density at radius 2 is 2.21 bits per heavy atom. The number of furan rings is 1. The Hall–Kier alpha value is -1.32. The molecule has 1 unspecified atom stereocenters. The SMILES string of the molecule is NC(c1ccco1)c1ncccc1Cl. The van der Waals surface area contributed by atoms with Crippen LogP contribution >= 0.6 is 11.6 Å². The van der Waals surface area contributed by atoms with Gasteiger partial charge >= 0.3 is 0 Å². The zero-order valence-corrected chi connectivity index (χ0v) is 8.11. The lowest BCUT2D eigenvalue weighted by Gasteiger charge is -2.08. The van der Waals surface area contributed by atoms with Crippen molar-refractivity contribution in [2.24, 2.45) is 5.73 Å². The molecule has 0 aliphatic heterocycles. The number of hydrogen-bond acceptors (Lipinski definition) is 3. The molecule has 3 nitrogen and oxygen atoms in total. The van der Waals surface area contributed by atoms with Crippen molar-refractivity contribution >= 4 is 11.6 Å². The third kappa shape index (κ3) is 1.64. The van der Waals surface area contributed by atoms with Crippen LogP contribution in [0, 0.1) is 0 Å². The van der Waals surface area contributed by atoms with E-state index in [2.05, 4.69) is 4.98 Å². The molecule has 14 heavy (non-hydrogen) atoms. The summed E-state index contributed by atoms with van der Waals surface area (Å²) in [5.74, 6) is 0.658. The quantitative estimate of drug-likeness (QED) is 0.825. The van der Waals surface area contributed by atoms with Gasteiger partial charge in [0, 0.05) is 6.20 Å². The molecule has 0 bridgehead atoms. The summed E-state index contributed by atoms with van der Waals surface area (Å²) in [6, 6.07) is 6.70. The summed E-state index contributed by atoms with van der Waals surface area (Å²) in [5, 5.41) is 0.552. The van der Waals surface area contributed by atoms with Crippen LogP contribution in [0.4, 0.5) is 0 Å². The van der Waals surface area contributed by atoms with Crippen molar-refractivity contribution in [3.8, 4) is 0 Å². The van der Waals surface area contributed by atoms with Gasteiger partial charge < -0.3 is 10.2 Å². The first-order valence-corrected chi connectivity index (χ1v) is 4.56. The lowest BCUT2D eigenvalue weighted by atomic mass is 10.1. The van der Waals surface area contributed by atoms with Crippen LogP contribution in [0.2, 0.25) is 5.02 Å². The zero-order valence-electron chi connectivity index (χ0n) is 7.35. The normalized spacial score (nSPS) is 12.7. The van der Waals surface area contributed by atoms with E-state index in [1.165, 1.54) is 0 Å². The van der Waals surface area contributed by atoms with E-state index in [-0.39, 0.29) is 0 Å². The molecular formula is C10H9ClN2O. The van der Waals surface area contributed by atoms with Gasteiger partial charge in [0.25, 0.3) is 0 Å². The molecule has 0 aliphatic rings. The Morgan fingerprint density at radius 3 is 2.86 bits per heavy atom. The van der Waals surface area contributed by atoms with Crippen molar-refractivity contribution in [3.63, 3.8) is 0 Å². The lowest BCUT2D eigenvalue weighted by Crippen LogP contribution is -2.13. The third-order valence-electron chi connectivity index (χ3n) is 1.93. The first-order valence-electron chi connectivity index (χ1n) is 4.18. The fourth-order valence-corrected chi connectivity index (χ4v) is 1.47. The number of hydrogen-bond donors (Lipinski definition) is 1. The molecule has 0 saturated heterocycles. The second-order valence-corrected chi connectivity index (χ2v) is 3.27. The fraction of sp³-hybridized carbons (Fsp3) is 0.100. The Balaban J connectivity index is 2.37. The van der Waals surface area contributed by atoms with Gasteiger partial charge in [-0.3, -0.25) is 4.98 Å². The molecule has 0 fully saturated rings. The van der Waals surface area contributed by atoms with Crippen molar-refractivity contribution in [2.45, 2.75) is 6.04 Å². The molecule has 72 valence electrons. The minimum absolute atomic E-state index is 0.404. The minimum atomic E-state index is -0.404. The maximum absolute atomic E-state index is 5.95. The van der Waals surface area contributed by atoms with E-state index in [9.17, 15) is 0 Å². The first kappa shape index (κ1) is 9.24. The number of halogens is 1. The van der Waals surface area contributed by atoms with Gasteiger partial charge in [-0.2, -0.15) is 0 Å². The number of nitrogens with two attached hydrogens (primary N) is 1. The average Bonchev–Trinajstić information content (AvgIpc) is 2.70. The molecule has 2 heterocycles. The second-order valence-electron chi connectivity index (χ2n) is 2.86. The van der Waals surface area contributed by atoms with Gasteiger partial charge in [0.1, 0.15) is 11.8 Å². The Bertz CT molecular complexity index is 414. The number of aromatic nitrogens is 1. The highest BCUT2D eigenvalue weighted by Crippen LogP contribution is 2.23. The summed E-state index contributed by atoms with van der Waals surface area (Å²) in [7, 11) is 0. The second kappa shape index (κ2) is 3.82. The van der Waals surface area contributed by atoms with E-state index in [1.807, 2.05) is 0 Å². The summed E-state index contributed by atoms with van der Waals surface area (Å²) in [4.78, 5) is 4.12. The Labute approximate surface area is 86.5 Å². The lowest BCUT2D eigenvalue weighted by molar-refractivity contribution is 0.486. The van der Waals surface area contributed by atoms with Crippen molar-refractivity contribution in [1.82, 2.24) is 4.98 Å². The molecule has 0 saturated carbocycles. The van der Waals surface area contributed by atoms with Crippen LogP contribution < -0.4 is 5.73 Å². The molecular weight excluding hydrogens is 200 g/mol. The Morgan fingerprint density at radius 1 is 1.36 bits per heavy atom. The van der Waals surface area contributed by atoms with Crippen LogP contribution in [0.25, 0.3) is 0 Å². The summed E-state index contributed by atoms with van der Waals surface area (Å²) >= 11 is 5.95.